The summed E-state index contributed by atoms with van der Waals surface area (Å²) in [5.41, 5.74) is 2.31. The molecule has 0 unspecified atom stereocenters. The summed E-state index contributed by atoms with van der Waals surface area (Å²) in [7, 11) is 1.87. The van der Waals surface area contributed by atoms with Crippen LogP contribution in [-0.2, 0) is 24.1 Å². The molecule has 2 aromatic heterocycles. The van der Waals surface area contributed by atoms with E-state index < -0.39 is 4.92 Å². The molecule has 1 aliphatic rings. The molecule has 10 heteroatoms. The summed E-state index contributed by atoms with van der Waals surface area (Å²) in [6, 6.07) is 4.87. The van der Waals surface area contributed by atoms with Gasteiger partial charge in [-0.25, -0.2) is 0 Å². The van der Waals surface area contributed by atoms with Gasteiger partial charge in [0.25, 0.3) is 5.69 Å². The molecule has 0 amide bonds. The molecule has 0 bridgehead atoms. The van der Waals surface area contributed by atoms with Crippen LogP contribution in [0, 0.1) is 17.0 Å². The fourth-order valence-corrected chi connectivity index (χ4v) is 3.81. The Hall–Kier alpha value is -2.85. The van der Waals surface area contributed by atoms with Crippen molar-refractivity contribution in [1.82, 2.24) is 14.8 Å². The number of aromatic nitrogens is 3. The highest BCUT2D eigenvalue weighted by Crippen LogP contribution is 2.36. The minimum absolute atomic E-state index is 0.0196. The van der Waals surface area contributed by atoms with Crippen LogP contribution in [0.4, 0.5) is 5.69 Å². The Balaban J connectivity index is 1.61. The van der Waals surface area contributed by atoms with Crippen LogP contribution >= 0.6 is 11.8 Å². The second-order valence-corrected chi connectivity index (χ2v) is 6.95. The molecule has 3 aromatic rings. The molecular weight excluding hydrogens is 372 g/mol. The van der Waals surface area contributed by atoms with Crippen molar-refractivity contribution in [3.63, 3.8) is 0 Å². The van der Waals surface area contributed by atoms with Gasteiger partial charge in [-0.05, 0) is 13.0 Å². The van der Waals surface area contributed by atoms with Crippen molar-refractivity contribution in [2.45, 2.75) is 24.4 Å². The molecule has 0 atom stereocenters. The molecular formula is C17H16N4O5S. The summed E-state index contributed by atoms with van der Waals surface area (Å²) in [4.78, 5) is 10.8. The molecule has 3 heterocycles. The zero-order valence-electron chi connectivity index (χ0n) is 14.7. The average molecular weight is 388 g/mol. The topological polar surface area (TPSA) is 105 Å². The Morgan fingerprint density at radius 1 is 1.37 bits per heavy atom. The third kappa shape index (κ3) is 3.28. The number of nitro benzene ring substituents is 1. The molecule has 1 aromatic carbocycles. The van der Waals surface area contributed by atoms with E-state index in [1.165, 1.54) is 23.9 Å². The highest BCUT2D eigenvalue weighted by atomic mass is 32.2. The lowest BCUT2D eigenvalue weighted by Crippen LogP contribution is -2.13. The fourth-order valence-electron chi connectivity index (χ4n) is 2.93. The highest BCUT2D eigenvalue weighted by Gasteiger charge is 2.22. The van der Waals surface area contributed by atoms with Gasteiger partial charge >= 0.3 is 0 Å². The van der Waals surface area contributed by atoms with Crippen LogP contribution in [0.5, 0.6) is 5.75 Å². The summed E-state index contributed by atoms with van der Waals surface area (Å²) >= 11 is 1.43. The number of rotatable bonds is 5. The highest BCUT2D eigenvalue weighted by molar-refractivity contribution is 7.98. The number of non-ortho nitro benzene ring substituents is 1. The zero-order chi connectivity index (χ0) is 19.0. The molecule has 0 fully saturated rings. The van der Waals surface area contributed by atoms with Crippen molar-refractivity contribution in [2.75, 3.05) is 6.79 Å². The summed E-state index contributed by atoms with van der Waals surface area (Å²) in [5.74, 6) is 2.57. The number of ether oxygens (including phenoxy) is 2. The maximum Gasteiger partial charge on any atom is 0.270 e. The number of furan rings is 1. The SMILES string of the molecule is Cc1occc1-c1nnc(SCc2cc([N+](=O)[O-])cc3c2OCOC3)n1C. The van der Waals surface area contributed by atoms with E-state index in [1.54, 1.807) is 6.26 Å². The predicted octanol–water partition coefficient (Wildman–Crippen LogP) is 3.45. The van der Waals surface area contributed by atoms with Gasteiger partial charge in [-0.2, -0.15) is 0 Å². The second kappa shape index (κ2) is 7.05. The standard InChI is InChI=1S/C17H16N4O5S/c1-10-14(3-4-25-10)16-18-19-17(20(16)2)27-8-12-6-13(21(22)23)5-11-7-24-9-26-15(11)12/h3-6H,7-9H2,1-2H3. The van der Waals surface area contributed by atoms with Gasteiger partial charge in [0.2, 0.25) is 0 Å². The molecule has 0 saturated carbocycles. The summed E-state index contributed by atoms with van der Waals surface area (Å²) in [6.45, 7) is 2.30. The maximum absolute atomic E-state index is 11.2. The molecule has 1 aliphatic heterocycles. The molecule has 0 N–H and O–H groups in total. The summed E-state index contributed by atoms with van der Waals surface area (Å²) in [5, 5.41) is 20.4. The van der Waals surface area contributed by atoms with E-state index >= 15 is 0 Å². The Morgan fingerprint density at radius 3 is 2.96 bits per heavy atom. The average Bonchev–Trinajstić information content (AvgIpc) is 3.24. The lowest BCUT2D eigenvalue weighted by atomic mass is 10.1. The van der Waals surface area contributed by atoms with Crippen molar-refractivity contribution >= 4 is 17.4 Å². The first-order valence-electron chi connectivity index (χ1n) is 8.12. The van der Waals surface area contributed by atoms with Crippen LogP contribution in [-0.4, -0.2) is 26.5 Å². The number of thioether (sulfide) groups is 1. The molecule has 27 heavy (non-hydrogen) atoms. The quantitative estimate of drug-likeness (QED) is 0.372. The Labute approximate surface area is 158 Å². The summed E-state index contributed by atoms with van der Waals surface area (Å²) < 4.78 is 18.0. The predicted molar refractivity (Wildman–Crippen MR) is 96.4 cm³/mol. The first kappa shape index (κ1) is 17.6. The number of hydrogen-bond donors (Lipinski definition) is 0. The van der Waals surface area contributed by atoms with Crippen molar-refractivity contribution in [3.05, 3.63) is 51.5 Å². The van der Waals surface area contributed by atoms with Gasteiger partial charge in [-0.15, -0.1) is 10.2 Å². The Kier molecular flexibility index (Phi) is 4.58. The number of hydrogen-bond acceptors (Lipinski definition) is 8. The molecule has 0 aliphatic carbocycles. The minimum atomic E-state index is -0.412. The largest absolute Gasteiger partial charge is 0.469 e. The molecule has 0 saturated heterocycles. The molecule has 4 rings (SSSR count). The zero-order valence-corrected chi connectivity index (χ0v) is 15.5. The van der Waals surface area contributed by atoms with Gasteiger partial charge < -0.3 is 18.5 Å². The van der Waals surface area contributed by atoms with Gasteiger partial charge in [0.1, 0.15) is 11.5 Å². The first-order valence-corrected chi connectivity index (χ1v) is 9.10. The molecule has 9 nitrogen and oxygen atoms in total. The van der Waals surface area contributed by atoms with E-state index in [1.807, 2.05) is 24.6 Å². The minimum Gasteiger partial charge on any atom is -0.469 e. The van der Waals surface area contributed by atoms with Crippen molar-refractivity contribution in [3.8, 4) is 17.1 Å². The van der Waals surface area contributed by atoms with E-state index in [0.717, 1.165) is 16.9 Å². The van der Waals surface area contributed by atoms with Gasteiger partial charge in [0, 0.05) is 36.1 Å². The Morgan fingerprint density at radius 2 is 2.22 bits per heavy atom. The number of fused-ring (bicyclic) bond motifs is 1. The lowest BCUT2D eigenvalue weighted by molar-refractivity contribution is -0.385. The molecule has 0 radical (unpaired) electrons. The van der Waals surface area contributed by atoms with Crippen LogP contribution in [0.2, 0.25) is 0 Å². The van der Waals surface area contributed by atoms with E-state index in [2.05, 4.69) is 10.2 Å². The second-order valence-electron chi connectivity index (χ2n) is 6.01. The molecule has 0 spiro atoms. The van der Waals surface area contributed by atoms with Crippen molar-refractivity contribution in [1.29, 1.82) is 0 Å². The third-order valence-electron chi connectivity index (χ3n) is 4.27. The van der Waals surface area contributed by atoms with Gasteiger partial charge in [-0.3, -0.25) is 10.1 Å². The van der Waals surface area contributed by atoms with Crippen molar-refractivity contribution in [2.24, 2.45) is 7.05 Å². The number of aryl methyl sites for hydroxylation is 1. The fraction of sp³-hybridized carbons (Fsp3) is 0.294. The van der Waals surface area contributed by atoms with E-state index in [0.29, 0.717) is 34.7 Å². The van der Waals surface area contributed by atoms with E-state index in [-0.39, 0.29) is 12.5 Å². The third-order valence-corrected chi connectivity index (χ3v) is 5.34. The summed E-state index contributed by atoms with van der Waals surface area (Å²) in [6.07, 6.45) is 1.61. The van der Waals surface area contributed by atoms with Crippen LogP contribution in [0.3, 0.4) is 0 Å². The smallest absolute Gasteiger partial charge is 0.270 e. The van der Waals surface area contributed by atoms with Gasteiger partial charge in [-0.1, -0.05) is 11.8 Å². The Bertz CT molecular complexity index is 1010. The number of nitrogens with zero attached hydrogens (tertiary/aromatic N) is 4. The lowest BCUT2D eigenvalue weighted by Gasteiger charge is -2.20. The van der Waals surface area contributed by atoms with Crippen molar-refractivity contribution < 1.29 is 18.8 Å². The number of benzene rings is 1. The van der Waals surface area contributed by atoms with Crippen LogP contribution in [0.15, 0.2) is 34.0 Å². The van der Waals surface area contributed by atoms with Crippen LogP contribution in [0.1, 0.15) is 16.9 Å². The first-order chi connectivity index (χ1) is 13.0. The number of nitro groups is 1. The van der Waals surface area contributed by atoms with Crippen LogP contribution < -0.4 is 4.74 Å². The maximum atomic E-state index is 11.2. The van der Waals surface area contributed by atoms with Gasteiger partial charge in [0.05, 0.1) is 23.4 Å². The molecule has 140 valence electrons. The van der Waals surface area contributed by atoms with Crippen LogP contribution in [0.25, 0.3) is 11.4 Å². The van der Waals surface area contributed by atoms with E-state index in [4.69, 9.17) is 13.9 Å². The van der Waals surface area contributed by atoms with E-state index in [9.17, 15) is 10.1 Å². The monoisotopic (exact) mass is 388 g/mol. The van der Waals surface area contributed by atoms with Gasteiger partial charge in [0.15, 0.2) is 17.8 Å². The normalized spacial score (nSPS) is 13.3.